The predicted octanol–water partition coefficient (Wildman–Crippen LogP) is 4.61. The Morgan fingerprint density at radius 1 is 0.970 bits per heavy atom. The predicted molar refractivity (Wildman–Crippen MR) is 132 cm³/mol. The fraction of sp³-hybridized carbons (Fsp3) is 0.423. The molecule has 3 aromatic rings. The average Bonchev–Trinajstić information content (AvgIpc) is 2.74. The number of anilines is 1. The lowest BCUT2D eigenvalue weighted by atomic mass is 9.81. The lowest BCUT2D eigenvalue weighted by Crippen LogP contribution is -2.64. The molecule has 0 unspecified atom stereocenters. The first kappa shape index (κ1) is 23.0. The molecule has 1 saturated heterocycles. The van der Waals surface area contributed by atoms with Crippen molar-refractivity contribution in [3.05, 3.63) is 59.0 Å². The van der Waals surface area contributed by atoms with Crippen molar-refractivity contribution in [2.75, 3.05) is 12.1 Å². The highest BCUT2D eigenvalue weighted by Gasteiger charge is 2.44. The van der Waals surface area contributed by atoms with Crippen LogP contribution in [-0.4, -0.2) is 43.0 Å². The van der Waals surface area contributed by atoms with Gasteiger partial charge in [-0.2, -0.15) is 0 Å². The number of aromatic nitrogens is 3. The maximum Gasteiger partial charge on any atom is 0.250 e. The largest absolute Gasteiger partial charge is 0.507 e. The summed E-state index contributed by atoms with van der Waals surface area (Å²) in [4.78, 5) is 11.8. The second-order valence-electron chi connectivity index (χ2n) is 10.2. The van der Waals surface area contributed by atoms with Gasteiger partial charge in [0, 0.05) is 37.4 Å². The molecule has 0 spiro atoms. The van der Waals surface area contributed by atoms with Crippen molar-refractivity contribution in [1.82, 2.24) is 19.8 Å². The van der Waals surface area contributed by atoms with E-state index in [-0.39, 0.29) is 22.4 Å². The van der Waals surface area contributed by atoms with Gasteiger partial charge in [-0.3, -0.25) is 9.80 Å². The zero-order chi connectivity index (χ0) is 24.0. The monoisotopic (exact) mass is 447 g/mol. The van der Waals surface area contributed by atoms with Gasteiger partial charge in [0.15, 0.2) is 5.82 Å². The summed E-state index contributed by atoms with van der Waals surface area (Å²) < 4.78 is 1.52. The molecule has 4 rings (SSSR count). The van der Waals surface area contributed by atoms with Crippen molar-refractivity contribution < 1.29 is 5.11 Å². The minimum absolute atomic E-state index is 0.00493. The number of phenolic OH excluding ortho intramolecular Hbond substituents is 1. The second-order valence-corrected chi connectivity index (χ2v) is 10.2. The minimum Gasteiger partial charge on any atom is -0.507 e. The van der Waals surface area contributed by atoms with Gasteiger partial charge in [-0.15, -0.1) is 10.2 Å². The third kappa shape index (κ3) is 4.25. The fourth-order valence-electron chi connectivity index (χ4n) is 5.33. The zero-order valence-electron chi connectivity index (χ0n) is 20.3. The van der Waals surface area contributed by atoms with Gasteiger partial charge in [0.25, 0.3) is 0 Å². The van der Waals surface area contributed by atoms with E-state index < -0.39 is 0 Å². The Morgan fingerprint density at radius 3 is 2.27 bits per heavy atom. The number of nitrogens with zero attached hydrogens (tertiary/aromatic N) is 5. The number of piperidine rings is 1. The Kier molecular flexibility index (Phi) is 5.78. The third-order valence-electron chi connectivity index (χ3n) is 6.70. The Balaban J connectivity index is 1.72. The molecule has 0 bridgehead atoms. The molecule has 0 amide bonds. The van der Waals surface area contributed by atoms with Crippen LogP contribution in [0.15, 0.2) is 53.5 Å². The van der Waals surface area contributed by atoms with Gasteiger partial charge in [0.05, 0.1) is 11.3 Å². The normalized spacial score (nSPS) is 17.6. The fourth-order valence-corrected chi connectivity index (χ4v) is 5.33. The van der Waals surface area contributed by atoms with Gasteiger partial charge in [0.2, 0.25) is 5.56 Å². The molecule has 33 heavy (non-hydrogen) atoms. The van der Waals surface area contributed by atoms with Crippen molar-refractivity contribution in [2.24, 2.45) is 7.05 Å². The first-order valence-corrected chi connectivity index (χ1v) is 11.4. The number of aromatic hydroxyl groups is 1. The maximum absolute atomic E-state index is 11.8. The van der Waals surface area contributed by atoms with Crippen molar-refractivity contribution in [3.8, 4) is 28.1 Å². The molecule has 1 aromatic carbocycles. The molecular formula is C26H33N5O2. The molecular weight excluding hydrogens is 414 g/mol. The summed E-state index contributed by atoms with van der Waals surface area (Å²) in [6.45, 7) is 9.09. The number of hydrogen-bond donors (Lipinski definition) is 1. The summed E-state index contributed by atoms with van der Waals surface area (Å²) in [7, 11) is 3.75. The first-order chi connectivity index (χ1) is 15.5. The number of rotatable bonds is 4. The number of phenols is 1. The van der Waals surface area contributed by atoms with Crippen molar-refractivity contribution in [2.45, 2.75) is 58.0 Å². The Labute approximate surface area is 195 Å². The number of pyridine rings is 1. The standard InChI is InChI=1S/C26H33N5O2/c1-25(2)15-8-16-26(3,4)31(25)30(6)22-13-12-20(27-28-22)24-19(9-7-10-21(24)32)18-11-14-23(33)29(5)17-18/h7,9-14,17,32H,8,15-16H2,1-6H3. The van der Waals surface area contributed by atoms with Gasteiger partial charge in [-0.05, 0) is 82.3 Å². The zero-order valence-corrected chi connectivity index (χ0v) is 20.3. The van der Waals surface area contributed by atoms with E-state index in [2.05, 4.69) is 47.9 Å². The number of hydrogen-bond acceptors (Lipinski definition) is 6. The number of aryl methyl sites for hydroxylation is 1. The first-order valence-electron chi connectivity index (χ1n) is 11.4. The molecule has 1 aliphatic heterocycles. The molecule has 1 fully saturated rings. The molecule has 0 saturated carbocycles. The highest BCUT2D eigenvalue weighted by atomic mass is 16.3. The van der Waals surface area contributed by atoms with Crippen LogP contribution in [0.2, 0.25) is 0 Å². The van der Waals surface area contributed by atoms with Crippen molar-refractivity contribution in [3.63, 3.8) is 0 Å². The van der Waals surface area contributed by atoms with Crippen molar-refractivity contribution >= 4 is 5.82 Å². The van der Waals surface area contributed by atoms with Gasteiger partial charge in [-0.25, -0.2) is 5.01 Å². The molecule has 174 valence electrons. The quantitative estimate of drug-likeness (QED) is 0.630. The lowest BCUT2D eigenvalue weighted by Gasteiger charge is -2.56. The summed E-state index contributed by atoms with van der Waals surface area (Å²) >= 11 is 0. The SMILES string of the molecule is CN(c1ccc(-c2c(O)cccc2-c2ccc(=O)n(C)c2)nn1)N1C(C)(C)CCCC1(C)C. The molecule has 3 heterocycles. The molecule has 0 radical (unpaired) electrons. The van der Waals surface area contributed by atoms with Crippen LogP contribution in [0.4, 0.5) is 5.82 Å². The van der Waals surface area contributed by atoms with E-state index in [9.17, 15) is 9.90 Å². The van der Waals surface area contributed by atoms with Crippen LogP contribution in [0.25, 0.3) is 22.4 Å². The molecule has 1 N–H and O–H groups in total. The maximum atomic E-state index is 11.8. The van der Waals surface area contributed by atoms with Gasteiger partial charge < -0.3 is 9.67 Å². The minimum atomic E-state index is -0.0869. The Hall–Kier alpha value is -3.19. The van der Waals surface area contributed by atoms with Crippen LogP contribution in [0.3, 0.4) is 0 Å². The summed E-state index contributed by atoms with van der Waals surface area (Å²) in [5.74, 6) is 0.871. The molecule has 7 nitrogen and oxygen atoms in total. The Morgan fingerprint density at radius 2 is 1.67 bits per heavy atom. The molecule has 2 aromatic heterocycles. The van der Waals surface area contributed by atoms with Crippen molar-refractivity contribution in [1.29, 1.82) is 0 Å². The smallest absolute Gasteiger partial charge is 0.250 e. The average molecular weight is 448 g/mol. The molecule has 7 heteroatoms. The lowest BCUT2D eigenvalue weighted by molar-refractivity contribution is -0.0332. The highest BCUT2D eigenvalue weighted by Crippen LogP contribution is 2.41. The van der Waals surface area contributed by atoms with E-state index in [0.717, 1.165) is 29.8 Å². The van der Waals surface area contributed by atoms with Gasteiger partial charge in [-0.1, -0.05) is 12.1 Å². The van der Waals surface area contributed by atoms with Crippen LogP contribution in [0.5, 0.6) is 5.75 Å². The van der Waals surface area contributed by atoms with E-state index >= 15 is 0 Å². The van der Waals surface area contributed by atoms with Crippen LogP contribution in [0.1, 0.15) is 47.0 Å². The Bertz CT molecular complexity index is 1200. The van der Waals surface area contributed by atoms with E-state index in [0.29, 0.717) is 11.3 Å². The number of hydrazine groups is 1. The van der Waals surface area contributed by atoms with Crippen LogP contribution < -0.4 is 10.6 Å². The number of benzene rings is 1. The van der Waals surface area contributed by atoms with E-state index in [4.69, 9.17) is 0 Å². The van der Waals surface area contributed by atoms with Crippen LogP contribution in [0, 0.1) is 0 Å². The van der Waals surface area contributed by atoms with Gasteiger partial charge >= 0.3 is 0 Å². The van der Waals surface area contributed by atoms with E-state index in [1.165, 1.54) is 17.1 Å². The molecule has 1 aliphatic rings. The van der Waals surface area contributed by atoms with Crippen LogP contribution >= 0.6 is 0 Å². The van der Waals surface area contributed by atoms with Crippen LogP contribution in [-0.2, 0) is 7.05 Å². The second kappa shape index (κ2) is 8.30. The third-order valence-corrected chi connectivity index (χ3v) is 6.70. The summed E-state index contributed by atoms with van der Waals surface area (Å²) in [6.07, 6.45) is 5.20. The highest BCUT2D eigenvalue weighted by molar-refractivity contribution is 5.85. The summed E-state index contributed by atoms with van der Waals surface area (Å²) in [6, 6.07) is 12.5. The van der Waals surface area contributed by atoms with E-state index in [1.54, 1.807) is 31.4 Å². The molecule has 0 aliphatic carbocycles. The van der Waals surface area contributed by atoms with E-state index in [1.807, 2.05) is 25.2 Å². The summed E-state index contributed by atoms with van der Waals surface area (Å²) in [5.41, 5.74) is 2.71. The van der Waals surface area contributed by atoms with Gasteiger partial charge in [0.1, 0.15) is 5.75 Å². The topological polar surface area (TPSA) is 74.5 Å². The molecule has 0 atom stereocenters. The summed E-state index contributed by atoms with van der Waals surface area (Å²) in [5, 5.41) is 24.2.